The van der Waals surface area contributed by atoms with Crippen LogP contribution in [0.2, 0.25) is 0 Å². The Morgan fingerprint density at radius 1 is 1.18 bits per heavy atom. The minimum absolute atomic E-state index is 0.406. The number of alkyl halides is 3. The van der Waals surface area contributed by atoms with Crippen molar-refractivity contribution in [3.05, 3.63) is 53.7 Å². The van der Waals surface area contributed by atoms with Gasteiger partial charge in [0.2, 0.25) is 0 Å². The zero-order valence-electron chi connectivity index (χ0n) is 12.0. The highest BCUT2D eigenvalue weighted by Gasteiger charge is 2.33. The molecule has 3 rings (SSSR count). The molecule has 3 aromatic rings. The van der Waals surface area contributed by atoms with E-state index in [4.69, 9.17) is 0 Å². The summed E-state index contributed by atoms with van der Waals surface area (Å²) in [5, 5.41) is 3.66. The number of rotatable bonds is 4. The van der Waals surface area contributed by atoms with Gasteiger partial charge in [0.15, 0.2) is 11.3 Å². The number of hydrogen-bond donors (Lipinski definition) is 0. The summed E-state index contributed by atoms with van der Waals surface area (Å²) in [6.07, 6.45) is 3.04. The van der Waals surface area contributed by atoms with Gasteiger partial charge in [0.1, 0.15) is 0 Å². The molecule has 0 spiro atoms. The van der Waals surface area contributed by atoms with Crippen molar-refractivity contribution in [1.29, 1.82) is 0 Å². The molecule has 0 bridgehead atoms. The standard InChI is InChI=1S/C15H15F3N4/c1-2-3-11-6-7-21(9-11)10-12-8-19-14-5-4-13(15(16,17)18)20-22(12)14/h4-9H,2-3,10H2,1H3. The van der Waals surface area contributed by atoms with Crippen molar-refractivity contribution in [3.63, 3.8) is 0 Å². The first-order valence-electron chi connectivity index (χ1n) is 7.03. The van der Waals surface area contributed by atoms with Crippen LogP contribution in [0.25, 0.3) is 5.65 Å². The Balaban J connectivity index is 1.92. The van der Waals surface area contributed by atoms with Crippen LogP contribution in [0.15, 0.2) is 36.8 Å². The molecule has 0 amide bonds. The second-order valence-electron chi connectivity index (χ2n) is 5.18. The number of nitrogens with zero attached hydrogens (tertiary/aromatic N) is 4. The van der Waals surface area contributed by atoms with E-state index in [2.05, 4.69) is 17.0 Å². The van der Waals surface area contributed by atoms with Crippen LogP contribution in [-0.2, 0) is 19.1 Å². The lowest BCUT2D eigenvalue weighted by atomic mass is 10.2. The van der Waals surface area contributed by atoms with Crippen LogP contribution < -0.4 is 0 Å². The molecule has 116 valence electrons. The molecule has 0 aliphatic rings. The average molecular weight is 308 g/mol. The van der Waals surface area contributed by atoms with Crippen molar-refractivity contribution < 1.29 is 13.2 Å². The molecule has 0 fully saturated rings. The molecule has 4 nitrogen and oxygen atoms in total. The topological polar surface area (TPSA) is 35.1 Å². The van der Waals surface area contributed by atoms with Gasteiger partial charge >= 0.3 is 6.18 Å². The normalized spacial score (nSPS) is 12.2. The molecule has 0 atom stereocenters. The third-order valence-electron chi connectivity index (χ3n) is 3.42. The molecule has 0 aliphatic heterocycles. The van der Waals surface area contributed by atoms with E-state index in [1.54, 1.807) is 6.20 Å². The van der Waals surface area contributed by atoms with Gasteiger partial charge in [0.05, 0.1) is 18.4 Å². The molecule has 0 saturated heterocycles. The molecule has 0 radical (unpaired) electrons. The lowest BCUT2D eigenvalue weighted by Crippen LogP contribution is -2.12. The fourth-order valence-corrected chi connectivity index (χ4v) is 2.39. The van der Waals surface area contributed by atoms with Crippen molar-refractivity contribution in [1.82, 2.24) is 19.2 Å². The lowest BCUT2D eigenvalue weighted by molar-refractivity contribution is -0.141. The van der Waals surface area contributed by atoms with E-state index >= 15 is 0 Å². The summed E-state index contributed by atoms with van der Waals surface area (Å²) < 4.78 is 41.5. The zero-order chi connectivity index (χ0) is 15.7. The predicted molar refractivity (Wildman–Crippen MR) is 75.5 cm³/mol. The van der Waals surface area contributed by atoms with Crippen molar-refractivity contribution >= 4 is 5.65 Å². The summed E-state index contributed by atoms with van der Waals surface area (Å²) in [7, 11) is 0. The van der Waals surface area contributed by atoms with Crippen molar-refractivity contribution in [2.24, 2.45) is 0 Å². The average Bonchev–Trinajstić information content (AvgIpc) is 3.06. The largest absolute Gasteiger partial charge is 0.435 e. The predicted octanol–water partition coefficient (Wildman–Crippen LogP) is 3.55. The van der Waals surface area contributed by atoms with Gasteiger partial charge in [-0.1, -0.05) is 13.3 Å². The van der Waals surface area contributed by atoms with E-state index in [1.807, 2.05) is 23.0 Å². The summed E-state index contributed by atoms with van der Waals surface area (Å²) in [6.45, 7) is 2.53. The quantitative estimate of drug-likeness (QED) is 0.739. The Kier molecular flexibility index (Phi) is 3.64. The number of halogens is 3. The minimum atomic E-state index is -4.46. The highest BCUT2D eigenvalue weighted by molar-refractivity contribution is 5.39. The third-order valence-corrected chi connectivity index (χ3v) is 3.42. The van der Waals surface area contributed by atoms with Crippen LogP contribution in [0.1, 0.15) is 30.3 Å². The van der Waals surface area contributed by atoms with E-state index in [1.165, 1.54) is 16.1 Å². The van der Waals surface area contributed by atoms with Crippen molar-refractivity contribution in [2.75, 3.05) is 0 Å². The molecule has 0 aliphatic carbocycles. The first-order valence-corrected chi connectivity index (χ1v) is 7.03. The number of imidazole rings is 1. The first kappa shape index (κ1) is 14.6. The third kappa shape index (κ3) is 2.84. The van der Waals surface area contributed by atoms with Gasteiger partial charge in [-0.2, -0.15) is 18.3 Å². The van der Waals surface area contributed by atoms with Gasteiger partial charge in [0.25, 0.3) is 0 Å². The van der Waals surface area contributed by atoms with Crippen LogP contribution in [0.3, 0.4) is 0 Å². The smallest absolute Gasteiger partial charge is 0.348 e. The van der Waals surface area contributed by atoms with Crippen LogP contribution in [-0.4, -0.2) is 19.2 Å². The molecule has 7 heteroatoms. The monoisotopic (exact) mass is 308 g/mol. The summed E-state index contributed by atoms with van der Waals surface area (Å²) in [5.41, 5.74) is 1.31. The van der Waals surface area contributed by atoms with E-state index < -0.39 is 11.9 Å². The maximum Gasteiger partial charge on any atom is 0.435 e. The van der Waals surface area contributed by atoms with E-state index in [9.17, 15) is 13.2 Å². The molecular formula is C15H15F3N4. The second kappa shape index (κ2) is 5.47. The molecule has 0 aromatic carbocycles. The number of aryl methyl sites for hydroxylation is 1. The van der Waals surface area contributed by atoms with Gasteiger partial charge in [-0.05, 0) is 30.2 Å². The SMILES string of the molecule is CCCc1ccn(Cc2cnc3ccc(C(F)(F)F)nn23)c1. The summed E-state index contributed by atoms with van der Waals surface area (Å²) in [6, 6.07) is 4.29. The molecule has 3 heterocycles. The van der Waals surface area contributed by atoms with Crippen LogP contribution in [0.5, 0.6) is 0 Å². The Labute approximate surface area is 125 Å². The van der Waals surface area contributed by atoms with Gasteiger partial charge in [-0.25, -0.2) is 9.50 Å². The van der Waals surface area contributed by atoms with Crippen molar-refractivity contribution in [2.45, 2.75) is 32.5 Å². The zero-order valence-corrected chi connectivity index (χ0v) is 12.0. The molecule has 0 unspecified atom stereocenters. The van der Waals surface area contributed by atoms with Crippen LogP contribution in [0, 0.1) is 0 Å². The molecule has 0 saturated carbocycles. The Morgan fingerprint density at radius 2 is 2.00 bits per heavy atom. The van der Waals surface area contributed by atoms with Gasteiger partial charge in [0, 0.05) is 12.4 Å². The minimum Gasteiger partial charge on any atom is -0.348 e. The number of fused-ring (bicyclic) bond motifs is 1. The van der Waals surface area contributed by atoms with E-state index in [0.717, 1.165) is 18.9 Å². The Hall–Kier alpha value is -2.31. The second-order valence-corrected chi connectivity index (χ2v) is 5.18. The van der Waals surface area contributed by atoms with E-state index in [0.29, 0.717) is 17.9 Å². The molecular weight excluding hydrogens is 293 g/mol. The highest BCUT2D eigenvalue weighted by atomic mass is 19.4. The Morgan fingerprint density at radius 3 is 2.73 bits per heavy atom. The fourth-order valence-electron chi connectivity index (χ4n) is 2.39. The lowest BCUT2D eigenvalue weighted by Gasteiger charge is -2.07. The maximum atomic E-state index is 12.8. The first-order chi connectivity index (χ1) is 10.5. The number of aromatic nitrogens is 4. The summed E-state index contributed by atoms with van der Waals surface area (Å²) in [5.74, 6) is 0. The highest BCUT2D eigenvalue weighted by Crippen LogP contribution is 2.27. The summed E-state index contributed by atoms with van der Waals surface area (Å²) in [4.78, 5) is 4.10. The van der Waals surface area contributed by atoms with Gasteiger partial charge < -0.3 is 4.57 Å². The van der Waals surface area contributed by atoms with Gasteiger partial charge in [-0.15, -0.1) is 0 Å². The Bertz CT molecular complexity index is 786. The van der Waals surface area contributed by atoms with Crippen LogP contribution >= 0.6 is 0 Å². The summed E-state index contributed by atoms with van der Waals surface area (Å²) >= 11 is 0. The van der Waals surface area contributed by atoms with Crippen molar-refractivity contribution in [3.8, 4) is 0 Å². The number of hydrogen-bond acceptors (Lipinski definition) is 2. The van der Waals surface area contributed by atoms with Gasteiger partial charge in [-0.3, -0.25) is 0 Å². The maximum absolute atomic E-state index is 12.8. The van der Waals surface area contributed by atoms with E-state index in [-0.39, 0.29) is 0 Å². The molecule has 22 heavy (non-hydrogen) atoms. The molecule has 0 N–H and O–H groups in total. The fraction of sp³-hybridized carbons (Fsp3) is 0.333. The molecule has 3 aromatic heterocycles. The van der Waals surface area contributed by atoms with Crippen LogP contribution in [0.4, 0.5) is 13.2 Å².